The molecule has 0 aromatic heterocycles. The van der Waals surface area contributed by atoms with Crippen LogP contribution in [0, 0.1) is 5.82 Å². The minimum absolute atomic E-state index is 0.177. The summed E-state index contributed by atoms with van der Waals surface area (Å²) < 4.78 is 13.4. The lowest BCUT2D eigenvalue weighted by Crippen LogP contribution is -2.42. The number of nitrogens with two attached hydrogens (primary N) is 1. The van der Waals surface area contributed by atoms with Crippen LogP contribution >= 0.6 is 0 Å². The van der Waals surface area contributed by atoms with Crippen LogP contribution in [0.1, 0.15) is 18.4 Å². The first-order valence-electron chi connectivity index (χ1n) is 7.01. The molecule has 3 nitrogen and oxygen atoms in total. The van der Waals surface area contributed by atoms with E-state index in [2.05, 4.69) is 23.9 Å². The Kier molecular flexibility index (Phi) is 4.77. The molecule has 1 aliphatic heterocycles. The van der Waals surface area contributed by atoms with Crippen molar-refractivity contribution in [2.75, 3.05) is 38.6 Å². The maximum Gasteiger partial charge on any atom is 0.123 e. The van der Waals surface area contributed by atoms with Crippen LogP contribution in [0.3, 0.4) is 0 Å². The van der Waals surface area contributed by atoms with Crippen molar-refractivity contribution in [1.29, 1.82) is 0 Å². The molecule has 19 heavy (non-hydrogen) atoms. The van der Waals surface area contributed by atoms with Crippen LogP contribution in [0.15, 0.2) is 18.2 Å². The smallest absolute Gasteiger partial charge is 0.123 e. The fraction of sp³-hybridized carbons (Fsp3) is 0.600. The summed E-state index contributed by atoms with van der Waals surface area (Å²) in [6.45, 7) is 2.81. The van der Waals surface area contributed by atoms with Crippen molar-refractivity contribution >= 4 is 5.69 Å². The Balaban J connectivity index is 2.15. The van der Waals surface area contributed by atoms with Crippen LogP contribution in [0.5, 0.6) is 0 Å². The Labute approximate surface area is 115 Å². The number of benzene rings is 1. The van der Waals surface area contributed by atoms with Gasteiger partial charge < -0.3 is 15.5 Å². The normalized spacial score (nSPS) is 17.7. The van der Waals surface area contributed by atoms with Crippen molar-refractivity contribution in [3.63, 3.8) is 0 Å². The number of anilines is 1. The van der Waals surface area contributed by atoms with Crippen LogP contribution in [-0.2, 0) is 6.42 Å². The molecular weight excluding hydrogens is 241 g/mol. The van der Waals surface area contributed by atoms with Gasteiger partial charge in [-0.3, -0.25) is 0 Å². The number of nitrogens with zero attached hydrogens (tertiary/aromatic N) is 2. The van der Waals surface area contributed by atoms with E-state index in [1.54, 1.807) is 12.1 Å². The number of likely N-dealkylation sites (tertiary alicyclic amines) is 1. The van der Waals surface area contributed by atoms with E-state index in [4.69, 9.17) is 5.73 Å². The maximum absolute atomic E-state index is 13.4. The third-order valence-corrected chi connectivity index (χ3v) is 4.07. The molecule has 1 saturated heterocycles. The molecule has 2 N–H and O–H groups in total. The first kappa shape index (κ1) is 14.3. The number of hydrogen-bond donors (Lipinski definition) is 1. The highest BCUT2D eigenvalue weighted by atomic mass is 19.1. The summed E-state index contributed by atoms with van der Waals surface area (Å²) in [6.07, 6.45) is 3.04. The van der Waals surface area contributed by atoms with Crippen LogP contribution in [0.25, 0.3) is 0 Å². The second-order valence-electron chi connectivity index (χ2n) is 5.46. The van der Waals surface area contributed by atoms with E-state index in [1.165, 1.54) is 0 Å². The lowest BCUT2D eigenvalue weighted by Gasteiger charge is -2.37. The molecule has 0 bridgehead atoms. The zero-order valence-electron chi connectivity index (χ0n) is 11.9. The molecule has 1 aromatic carbocycles. The molecule has 0 radical (unpaired) electrons. The van der Waals surface area contributed by atoms with Gasteiger partial charge in [-0.2, -0.15) is 0 Å². The molecule has 0 amide bonds. The molecule has 1 fully saturated rings. The molecule has 0 unspecified atom stereocenters. The Morgan fingerprint density at radius 3 is 2.68 bits per heavy atom. The van der Waals surface area contributed by atoms with E-state index < -0.39 is 0 Å². The van der Waals surface area contributed by atoms with E-state index in [1.807, 2.05) is 6.07 Å². The zero-order valence-corrected chi connectivity index (χ0v) is 11.9. The maximum atomic E-state index is 13.4. The fourth-order valence-corrected chi connectivity index (χ4v) is 2.83. The third-order valence-electron chi connectivity index (χ3n) is 4.07. The largest absolute Gasteiger partial charge is 0.371 e. The summed E-state index contributed by atoms with van der Waals surface area (Å²) in [7, 11) is 4.28. The Morgan fingerprint density at radius 2 is 2.05 bits per heavy atom. The van der Waals surface area contributed by atoms with Gasteiger partial charge in [0.1, 0.15) is 5.82 Å². The average molecular weight is 265 g/mol. The van der Waals surface area contributed by atoms with E-state index in [0.29, 0.717) is 12.6 Å². The minimum Gasteiger partial charge on any atom is -0.371 e. The molecular formula is C15H24FN3. The molecule has 0 spiro atoms. The summed E-state index contributed by atoms with van der Waals surface area (Å²) in [5.41, 5.74) is 7.77. The summed E-state index contributed by atoms with van der Waals surface area (Å²) in [5.74, 6) is -0.177. The second-order valence-corrected chi connectivity index (χ2v) is 5.46. The van der Waals surface area contributed by atoms with Gasteiger partial charge in [-0.25, -0.2) is 4.39 Å². The van der Waals surface area contributed by atoms with Gasteiger partial charge in [-0.05, 0) is 69.7 Å². The predicted octanol–water partition coefficient (Wildman–Crippen LogP) is 1.86. The van der Waals surface area contributed by atoms with Gasteiger partial charge in [0, 0.05) is 18.8 Å². The molecule has 1 aromatic rings. The summed E-state index contributed by atoms with van der Waals surface area (Å²) in [4.78, 5) is 4.66. The molecule has 1 heterocycles. The Morgan fingerprint density at radius 1 is 1.37 bits per heavy atom. The fourth-order valence-electron chi connectivity index (χ4n) is 2.83. The Hall–Kier alpha value is -1.13. The highest BCUT2D eigenvalue weighted by Gasteiger charge is 2.22. The van der Waals surface area contributed by atoms with Crippen molar-refractivity contribution in [3.8, 4) is 0 Å². The molecule has 0 saturated carbocycles. The van der Waals surface area contributed by atoms with Crippen molar-refractivity contribution in [1.82, 2.24) is 4.90 Å². The molecule has 2 rings (SSSR count). The summed E-state index contributed by atoms with van der Waals surface area (Å²) in [6, 6.07) is 5.59. The quantitative estimate of drug-likeness (QED) is 0.902. The van der Waals surface area contributed by atoms with E-state index in [0.717, 1.165) is 43.6 Å². The van der Waals surface area contributed by atoms with Gasteiger partial charge in [-0.15, -0.1) is 0 Å². The third kappa shape index (κ3) is 3.45. The monoisotopic (exact) mass is 265 g/mol. The molecule has 1 aliphatic rings. The Bertz CT molecular complexity index is 414. The van der Waals surface area contributed by atoms with Gasteiger partial charge in [0.25, 0.3) is 0 Å². The summed E-state index contributed by atoms with van der Waals surface area (Å²) >= 11 is 0. The lowest BCUT2D eigenvalue weighted by molar-refractivity contribution is 0.252. The lowest BCUT2D eigenvalue weighted by atomic mass is 10.0. The van der Waals surface area contributed by atoms with Gasteiger partial charge in [-0.1, -0.05) is 0 Å². The van der Waals surface area contributed by atoms with E-state index in [9.17, 15) is 4.39 Å². The van der Waals surface area contributed by atoms with Crippen LogP contribution in [-0.4, -0.2) is 44.7 Å². The van der Waals surface area contributed by atoms with Gasteiger partial charge in [0.05, 0.1) is 0 Å². The van der Waals surface area contributed by atoms with Gasteiger partial charge in [0.2, 0.25) is 0 Å². The van der Waals surface area contributed by atoms with Crippen LogP contribution < -0.4 is 10.6 Å². The number of hydrogen-bond acceptors (Lipinski definition) is 3. The molecule has 0 aliphatic carbocycles. The van der Waals surface area contributed by atoms with Crippen molar-refractivity contribution in [3.05, 3.63) is 29.6 Å². The highest BCUT2D eigenvalue weighted by Crippen LogP contribution is 2.26. The van der Waals surface area contributed by atoms with E-state index >= 15 is 0 Å². The minimum atomic E-state index is -0.177. The van der Waals surface area contributed by atoms with Crippen LogP contribution in [0.2, 0.25) is 0 Å². The van der Waals surface area contributed by atoms with Crippen molar-refractivity contribution in [2.45, 2.75) is 25.3 Å². The molecule has 4 heteroatoms. The van der Waals surface area contributed by atoms with Crippen molar-refractivity contribution < 1.29 is 4.39 Å². The van der Waals surface area contributed by atoms with Crippen molar-refractivity contribution in [2.24, 2.45) is 5.73 Å². The number of rotatable bonds is 4. The zero-order chi connectivity index (χ0) is 13.8. The SMILES string of the molecule is CN1CCC(N(C)c2ccc(F)cc2CCN)CC1. The van der Waals surface area contributed by atoms with E-state index in [-0.39, 0.29) is 5.82 Å². The predicted molar refractivity (Wildman–Crippen MR) is 78.1 cm³/mol. The topological polar surface area (TPSA) is 32.5 Å². The average Bonchev–Trinajstić information content (AvgIpc) is 2.39. The van der Waals surface area contributed by atoms with Gasteiger partial charge in [0.15, 0.2) is 0 Å². The summed E-state index contributed by atoms with van der Waals surface area (Å²) in [5, 5.41) is 0. The van der Waals surface area contributed by atoms with Crippen LogP contribution in [0.4, 0.5) is 10.1 Å². The molecule has 0 atom stereocenters. The molecule has 106 valence electrons. The first-order chi connectivity index (χ1) is 9.11. The van der Waals surface area contributed by atoms with Gasteiger partial charge >= 0.3 is 0 Å². The number of halogens is 1. The first-order valence-corrected chi connectivity index (χ1v) is 7.01. The highest BCUT2D eigenvalue weighted by molar-refractivity contribution is 5.54. The number of piperidine rings is 1. The second kappa shape index (κ2) is 6.35. The standard InChI is InChI=1S/C15H24FN3/c1-18-9-6-14(7-10-18)19(2)15-4-3-13(16)11-12(15)5-8-17/h3-4,11,14H,5-10,17H2,1-2H3.